The van der Waals surface area contributed by atoms with Gasteiger partial charge < -0.3 is 4.74 Å². The summed E-state index contributed by atoms with van der Waals surface area (Å²) in [6, 6.07) is 2.21. The van der Waals surface area contributed by atoms with Crippen molar-refractivity contribution < 1.29 is 4.74 Å². The zero-order valence-corrected chi connectivity index (χ0v) is 6.53. The maximum atomic E-state index is 8.54. The lowest BCUT2D eigenvalue weighted by Crippen LogP contribution is -2.20. The van der Waals surface area contributed by atoms with Crippen molar-refractivity contribution in [2.75, 3.05) is 0 Å². The average Bonchev–Trinajstić information content (AvgIpc) is 2.54. The van der Waals surface area contributed by atoms with Gasteiger partial charge in [-0.1, -0.05) is 19.1 Å². The van der Waals surface area contributed by atoms with Crippen LogP contribution in [0.25, 0.3) is 0 Å². The molecule has 0 spiro atoms. The van der Waals surface area contributed by atoms with Crippen molar-refractivity contribution in [3.05, 3.63) is 12.2 Å². The molecule has 4 atom stereocenters. The Kier molecular flexibility index (Phi) is 1.47. The standard InChI is InChI=1S/C9H11NO/c1-6-7(4-5-10)9-3-2-8(6)11-9/h2-3,6-9H,4H2,1H3/t6-,7?,8?,9-/m1/s1. The van der Waals surface area contributed by atoms with Crippen LogP contribution in [0.15, 0.2) is 12.2 Å². The van der Waals surface area contributed by atoms with E-state index in [1.54, 1.807) is 0 Å². The Hall–Kier alpha value is -0.810. The summed E-state index contributed by atoms with van der Waals surface area (Å²) < 4.78 is 5.59. The monoisotopic (exact) mass is 149 g/mol. The Labute approximate surface area is 66.5 Å². The zero-order chi connectivity index (χ0) is 7.84. The molecular weight excluding hydrogens is 138 g/mol. The molecule has 0 N–H and O–H groups in total. The van der Waals surface area contributed by atoms with Gasteiger partial charge in [0.15, 0.2) is 0 Å². The molecule has 0 saturated carbocycles. The van der Waals surface area contributed by atoms with Crippen LogP contribution in [0, 0.1) is 23.2 Å². The predicted molar refractivity (Wildman–Crippen MR) is 40.7 cm³/mol. The van der Waals surface area contributed by atoms with Gasteiger partial charge in [-0.3, -0.25) is 0 Å². The molecule has 0 amide bonds. The van der Waals surface area contributed by atoms with E-state index in [4.69, 9.17) is 10.00 Å². The molecule has 0 aromatic rings. The highest BCUT2D eigenvalue weighted by molar-refractivity contribution is 5.14. The van der Waals surface area contributed by atoms with Crippen molar-refractivity contribution in [2.24, 2.45) is 11.8 Å². The van der Waals surface area contributed by atoms with E-state index >= 15 is 0 Å². The largest absolute Gasteiger partial charge is 0.366 e. The molecule has 2 aliphatic rings. The summed E-state index contributed by atoms with van der Waals surface area (Å²) in [6.07, 6.45) is 5.36. The molecule has 0 aromatic heterocycles. The number of nitrogens with zero attached hydrogens (tertiary/aromatic N) is 1. The van der Waals surface area contributed by atoms with Crippen LogP contribution in [0.3, 0.4) is 0 Å². The van der Waals surface area contributed by atoms with Crippen molar-refractivity contribution >= 4 is 0 Å². The van der Waals surface area contributed by atoms with E-state index in [1.807, 2.05) is 0 Å². The Bertz CT molecular complexity index is 228. The van der Waals surface area contributed by atoms with Gasteiger partial charge in [-0.25, -0.2) is 0 Å². The quantitative estimate of drug-likeness (QED) is 0.529. The van der Waals surface area contributed by atoms with Crippen molar-refractivity contribution in [1.82, 2.24) is 0 Å². The van der Waals surface area contributed by atoms with Crippen LogP contribution in [0.2, 0.25) is 0 Å². The second-order valence-corrected chi connectivity index (χ2v) is 3.34. The molecule has 0 aromatic carbocycles. The van der Waals surface area contributed by atoms with Gasteiger partial charge in [-0.05, 0) is 5.92 Å². The lowest BCUT2D eigenvalue weighted by atomic mass is 9.83. The number of ether oxygens (including phenoxy) is 1. The summed E-state index contributed by atoms with van der Waals surface area (Å²) in [7, 11) is 0. The summed E-state index contributed by atoms with van der Waals surface area (Å²) in [5, 5.41) is 8.54. The molecule has 2 aliphatic heterocycles. The molecule has 2 heterocycles. The first-order valence-electron chi connectivity index (χ1n) is 4.03. The van der Waals surface area contributed by atoms with Crippen LogP contribution in [0.4, 0.5) is 0 Å². The maximum Gasteiger partial charge on any atom is 0.0806 e. The molecule has 0 radical (unpaired) electrons. The summed E-state index contributed by atoms with van der Waals surface area (Å²) >= 11 is 0. The fraction of sp³-hybridized carbons (Fsp3) is 0.667. The van der Waals surface area contributed by atoms with Gasteiger partial charge in [0.2, 0.25) is 0 Å². The highest BCUT2D eigenvalue weighted by Gasteiger charge is 2.42. The van der Waals surface area contributed by atoms with Gasteiger partial charge in [-0.2, -0.15) is 5.26 Å². The minimum atomic E-state index is 0.231. The average molecular weight is 149 g/mol. The van der Waals surface area contributed by atoms with E-state index in [9.17, 15) is 0 Å². The van der Waals surface area contributed by atoms with Crippen LogP contribution < -0.4 is 0 Å². The number of hydrogen-bond donors (Lipinski definition) is 0. The smallest absolute Gasteiger partial charge is 0.0806 e. The molecule has 0 aliphatic carbocycles. The van der Waals surface area contributed by atoms with Crippen LogP contribution in [0.5, 0.6) is 0 Å². The second kappa shape index (κ2) is 2.35. The molecule has 2 nitrogen and oxygen atoms in total. The fourth-order valence-electron chi connectivity index (χ4n) is 1.98. The van der Waals surface area contributed by atoms with Crippen molar-refractivity contribution in [2.45, 2.75) is 25.6 Å². The molecule has 2 rings (SSSR count). The third-order valence-electron chi connectivity index (χ3n) is 2.75. The lowest BCUT2D eigenvalue weighted by Gasteiger charge is -2.17. The topological polar surface area (TPSA) is 33.0 Å². The molecule has 1 fully saturated rings. The molecule has 2 heteroatoms. The van der Waals surface area contributed by atoms with Gasteiger partial charge in [0, 0.05) is 12.3 Å². The fourth-order valence-corrected chi connectivity index (χ4v) is 1.98. The second-order valence-electron chi connectivity index (χ2n) is 3.34. The minimum absolute atomic E-state index is 0.231. The van der Waals surface area contributed by atoms with Gasteiger partial charge in [0.25, 0.3) is 0 Å². The Morgan fingerprint density at radius 3 is 2.73 bits per heavy atom. The summed E-state index contributed by atoms with van der Waals surface area (Å²) in [6.45, 7) is 2.16. The maximum absolute atomic E-state index is 8.54. The highest BCUT2D eigenvalue weighted by Crippen LogP contribution is 2.40. The highest BCUT2D eigenvalue weighted by atomic mass is 16.5. The summed E-state index contributed by atoms with van der Waals surface area (Å²) in [4.78, 5) is 0. The number of nitriles is 1. The van der Waals surface area contributed by atoms with Crippen molar-refractivity contribution in [3.8, 4) is 6.07 Å². The Balaban J connectivity index is 2.13. The van der Waals surface area contributed by atoms with E-state index in [2.05, 4.69) is 25.1 Å². The number of rotatable bonds is 1. The van der Waals surface area contributed by atoms with Crippen LogP contribution in [-0.2, 0) is 4.74 Å². The first-order chi connectivity index (χ1) is 5.33. The first kappa shape index (κ1) is 6.87. The molecule has 1 saturated heterocycles. The third kappa shape index (κ3) is 0.883. The summed E-state index contributed by atoms with van der Waals surface area (Å²) in [5.74, 6) is 0.972. The van der Waals surface area contributed by atoms with Crippen LogP contribution in [-0.4, -0.2) is 12.2 Å². The normalized spacial score (nSPS) is 46.2. The van der Waals surface area contributed by atoms with Gasteiger partial charge in [-0.15, -0.1) is 0 Å². The first-order valence-corrected chi connectivity index (χ1v) is 4.03. The Morgan fingerprint density at radius 2 is 2.18 bits per heavy atom. The number of hydrogen-bond acceptors (Lipinski definition) is 2. The SMILES string of the molecule is C[C@H]1C2C=C[C@@H](O2)C1CC#N. The molecule has 2 unspecified atom stereocenters. The lowest BCUT2D eigenvalue weighted by molar-refractivity contribution is 0.104. The number of fused-ring (bicyclic) bond motifs is 2. The molecule has 2 bridgehead atoms. The van der Waals surface area contributed by atoms with Gasteiger partial charge in [0.05, 0.1) is 18.3 Å². The zero-order valence-electron chi connectivity index (χ0n) is 6.53. The molecular formula is C9H11NO. The van der Waals surface area contributed by atoms with Gasteiger partial charge >= 0.3 is 0 Å². The van der Waals surface area contributed by atoms with Crippen LogP contribution >= 0.6 is 0 Å². The third-order valence-corrected chi connectivity index (χ3v) is 2.75. The minimum Gasteiger partial charge on any atom is -0.366 e. The molecule has 11 heavy (non-hydrogen) atoms. The van der Waals surface area contributed by atoms with E-state index in [-0.39, 0.29) is 6.10 Å². The van der Waals surface area contributed by atoms with E-state index in [0.717, 1.165) is 0 Å². The van der Waals surface area contributed by atoms with Crippen molar-refractivity contribution in [1.29, 1.82) is 5.26 Å². The van der Waals surface area contributed by atoms with E-state index in [1.165, 1.54) is 0 Å². The van der Waals surface area contributed by atoms with Crippen LogP contribution in [0.1, 0.15) is 13.3 Å². The van der Waals surface area contributed by atoms with Crippen molar-refractivity contribution in [3.63, 3.8) is 0 Å². The Morgan fingerprint density at radius 1 is 1.45 bits per heavy atom. The van der Waals surface area contributed by atoms with Gasteiger partial charge in [0.1, 0.15) is 0 Å². The molecule has 58 valence electrons. The summed E-state index contributed by atoms with van der Waals surface area (Å²) in [5.41, 5.74) is 0. The predicted octanol–water partition coefficient (Wildman–Crippen LogP) is 1.49. The van der Waals surface area contributed by atoms with E-state index in [0.29, 0.717) is 24.4 Å². The van der Waals surface area contributed by atoms with E-state index < -0.39 is 0 Å².